The fourth-order valence-corrected chi connectivity index (χ4v) is 3.02. The Hall–Kier alpha value is -2.54. The van der Waals surface area contributed by atoms with E-state index in [-0.39, 0.29) is 53.6 Å². The maximum atomic E-state index is 13.8. The molecule has 1 aliphatic carbocycles. The molecule has 1 aliphatic rings. The second-order valence-electron chi connectivity index (χ2n) is 6.10. The SMILES string of the molecule is COCc1nc2nc(C)c(F)cc2cc1C(=O)C1C(=O)CCCC1=O. The summed E-state index contributed by atoms with van der Waals surface area (Å²) >= 11 is 0. The summed E-state index contributed by atoms with van der Waals surface area (Å²) in [6, 6.07) is 2.67. The quantitative estimate of drug-likeness (QED) is 0.625. The van der Waals surface area contributed by atoms with Crippen molar-refractivity contribution in [3.05, 3.63) is 34.9 Å². The van der Waals surface area contributed by atoms with Gasteiger partial charge in [0.1, 0.15) is 11.7 Å². The van der Waals surface area contributed by atoms with E-state index in [0.717, 1.165) is 0 Å². The van der Waals surface area contributed by atoms with Crippen molar-refractivity contribution >= 4 is 28.4 Å². The zero-order valence-electron chi connectivity index (χ0n) is 14.0. The van der Waals surface area contributed by atoms with Gasteiger partial charge in [-0.15, -0.1) is 0 Å². The van der Waals surface area contributed by atoms with Crippen molar-refractivity contribution in [3.63, 3.8) is 0 Å². The van der Waals surface area contributed by atoms with Crippen LogP contribution in [0.5, 0.6) is 0 Å². The number of rotatable bonds is 4. The first kappa shape index (κ1) is 17.3. The first-order chi connectivity index (χ1) is 11.9. The summed E-state index contributed by atoms with van der Waals surface area (Å²) in [6.07, 6.45) is 0.882. The molecule has 2 heterocycles. The highest BCUT2D eigenvalue weighted by Crippen LogP contribution is 2.25. The Morgan fingerprint density at radius 2 is 1.92 bits per heavy atom. The maximum absolute atomic E-state index is 13.8. The molecule has 1 saturated carbocycles. The number of ketones is 3. The lowest BCUT2D eigenvalue weighted by atomic mass is 9.81. The summed E-state index contributed by atoms with van der Waals surface area (Å²) < 4.78 is 18.9. The average molecular weight is 344 g/mol. The van der Waals surface area contributed by atoms with Crippen molar-refractivity contribution in [2.75, 3.05) is 7.11 Å². The normalized spacial score (nSPS) is 15.8. The van der Waals surface area contributed by atoms with Gasteiger partial charge in [-0.2, -0.15) is 0 Å². The molecule has 0 N–H and O–H groups in total. The Morgan fingerprint density at radius 1 is 1.24 bits per heavy atom. The number of carbonyl (C=O) groups excluding carboxylic acids is 3. The minimum atomic E-state index is -1.30. The minimum absolute atomic E-state index is 0.0181. The molecule has 3 rings (SSSR count). The van der Waals surface area contributed by atoms with Crippen LogP contribution in [0.3, 0.4) is 0 Å². The van der Waals surface area contributed by atoms with Crippen molar-refractivity contribution in [1.82, 2.24) is 9.97 Å². The molecule has 0 aromatic carbocycles. The first-order valence-electron chi connectivity index (χ1n) is 7.97. The van der Waals surface area contributed by atoms with E-state index in [9.17, 15) is 18.8 Å². The van der Waals surface area contributed by atoms with Gasteiger partial charge in [0.15, 0.2) is 23.0 Å². The number of aromatic nitrogens is 2. The van der Waals surface area contributed by atoms with E-state index in [1.165, 1.54) is 26.2 Å². The van der Waals surface area contributed by atoms with Crippen LogP contribution in [0.15, 0.2) is 12.1 Å². The molecule has 0 saturated heterocycles. The summed E-state index contributed by atoms with van der Waals surface area (Å²) in [7, 11) is 1.44. The third-order valence-electron chi connectivity index (χ3n) is 4.31. The molecular formula is C18H17FN2O4. The number of halogens is 1. The number of aryl methyl sites for hydroxylation is 1. The standard InChI is InChI=1S/C18H17FN2O4/c1-9-12(19)7-10-6-11(13(8-25-2)21-18(10)20-9)17(24)16-14(22)4-3-5-15(16)23/h6-7,16H,3-5,8H2,1-2H3. The second-order valence-corrected chi connectivity index (χ2v) is 6.10. The van der Waals surface area contributed by atoms with Gasteiger partial charge in [-0.25, -0.2) is 14.4 Å². The Bertz CT molecular complexity index is 878. The number of nitrogens with zero attached hydrogens (tertiary/aromatic N) is 2. The molecule has 7 heteroatoms. The van der Waals surface area contributed by atoms with Crippen LogP contribution in [0.25, 0.3) is 11.0 Å². The van der Waals surface area contributed by atoms with Crippen molar-refractivity contribution < 1.29 is 23.5 Å². The predicted octanol–water partition coefficient (Wildman–Crippen LogP) is 2.34. The molecular weight excluding hydrogens is 327 g/mol. The molecule has 1 fully saturated rings. The Balaban J connectivity index is 2.14. The zero-order chi connectivity index (χ0) is 18.1. The number of pyridine rings is 2. The van der Waals surface area contributed by atoms with Gasteiger partial charge in [0.05, 0.1) is 18.0 Å². The third-order valence-corrected chi connectivity index (χ3v) is 4.31. The number of carbonyl (C=O) groups is 3. The fourth-order valence-electron chi connectivity index (χ4n) is 3.02. The van der Waals surface area contributed by atoms with Crippen LogP contribution in [0.1, 0.15) is 41.0 Å². The van der Waals surface area contributed by atoms with Gasteiger partial charge in [-0.1, -0.05) is 0 Å². The molecule has 0 aliphatic heterocycles. The van der Waals surface area contributed by atoms with E-state index in [4.69, 9.17) is 4.74 Å². The van der Waals surface area contributed by atoms with Crippen molar-refractivity contribution in [3.8, 4) is 0 Å². The summed E-state index contributed by atoms with van der Waals surface area (Å²) in [5.74, 6) is -3.17. The van der Waals surface area contributed by atoms with Gasteiger partial charge in [-0.3, -0.25) is 14.4 Å². The van der Waals surface area contributed by atoms with Crippen LogP contribution < -0.4 is 0 Å². The molecule has 130 valence electrons. The van der Waals surface area contributed by atoms with Crippen LogP contribution in [0, 0.1) is 18.7 Å². The van der Waals surface area contributed by atoms with Gasteiger partial charge in [-0.05, 0) is 25.5 Å². The summed E-state index contributed by atoms with van der Waals surface area (Å²) in [4.78, 5) is 45.4. The number of hydrogen-bond acceptors (Lipinski definition) is 6. The van der Waals surface area contributed by atoms with Crippen LogP contribution in [-0.4, -0.2) is 34.4 Å². The maximum Gasteiger partial charge on any atom is 0.182 e. The van der Waals surface area contributed by atoms with E-state index < -0.39 is 17.5 Å². The van der Waals surface area contributed by atoms with Crippen LogP contribution >= 0.6 is 0 Å². The van der Waals surface area contributed by atoms with Crippen LogP contribution in [0.2, 0.25) is 0 Å². The molecule has 0 bridgehead atoms. The lowest BCUT2D eigenvalue weighted by Gasteiger charge is -2.19. The molecule has 0 amide bonds. The number of Topliss-reactive ketones (excluding diaryl/α,β-unsaturated/α-hetero) is 3. The van der Waals surface area contributed by atoms with Crippen LogP contribution in [-0.2, 0) is 20.9 Å². The topological polar surface area (TPSA) is 86.2 Å². The van der Waals surface area contributed by atoms with Gasteiger partial charge < -0.3 is 4.74 Å². The molecule has 25 heavy (non-hydrogen) atoms. The molecule has 0 atom stereocenters. The highest BCUT2D eigenvalue weighted by atomic mass is 19.1. The van der Waals surface area contributed by atoms with Gasteiger partial charge in [0.25, 0.3) is 0 Å². The number of ether oxygens (including phenoxy) is 1. The van der Waals surface area contributed by atoms with E-state index >= 15 is 0 Å². The van der Waals surface area contributed by atoms with E-state index in [0.29, 0.717) is 11.8 Å². The minimum Gasteiger partial charge on any atom is -0.378 e. The van der Waals surface area contributed by atoms with Gasteiger partial charge >= 0.3 is 0 Å². The van der Waals surface area contributed by atoms with Crippen molar-refractivity contribution in [2.45, 2.75) is 32.8 Å². The highest BCUT2D eigenvalue weighted by Gasteiger charge is 2.37. The summed E-state index contributed by atoms with van der Waals surface area (Å²) in [6.45, 7) is 1.54. The first-order valence-corrected chi connectivity index (χ1v) is 7.97. The lowest BCUT2D eigenvalue weighted by molar-refractivity contribution is -0.133. The number of methoxy groups -OCH3 is 1. The molecule has 6 nitrogen and oxygen atoms in total. The van der Waals surface area contributed by atoms with Gasteiger partial charge in [0.2, 0.25) is 0 Å². The molecule has 0 unspecified atom stereocenters. The number of hydrogen-bond donors (Lipinski definition) is 0. The predicted molar refractivity (Wildman–Crippen MR) is 86.6 cm³/mol. The summed E-state index contributed by atoms with van der Waals surface area (Å²) in [5.41, 5.74) is 0.863. The molecule has 2 aromatic rings. The fraction of sp³-hybridized carbons (Fsp3) is 0.389. The molecule has 0 radical (unpaired) electrons. The van der Waals surface area contributed by atoms with Gasteiger partial charge in [0, 0.05) is 30.9 Å². The Labute approximate surface area is 143 Å². The van der Waals surface area contributed by atoms with Crippen LogP contribution in [0.4, 0.5) is 4.39 Å². The van der Waals surface area contributed by atoms with E-state index in [1.54, 1.807) is 0 Å². The monoisotopic (exact) mass is 344 g/mol. The average Bonchev–Trinajstić information content (AvgIpc) is 2.56. The summed E-state index contributed by atoms with van der Waals surface area (Å²) in [5, 5.41) is 0.335. The van der Waals surface area contributed by atoms with Crippen molar-refractivity contribution in [2.24, 2.45) is 5.92 Å². The molecule has 2 aromatic heterocycles. The lowest BCUT2D eigenvalue weighted by Crippen LogP contribution is -2.35. The second kappa shape index (κ2) is 6.76. The van der Waals surface area contributed by atoms with Crippen molar-refractivity contribution in [1.29, 1.82) is 0 Å². The largest absolute Gasteiger partial charge is 0.378 e. The number of fused-ring (bicyclic) bond motifs is 1. The third kappa shape index (κ3) is 3.19. The molecule has 0 spiro atoms. The Kier molecular flexibility index (Phi) is 4.67. The highest BCUT2D eigenvalue weighted by molar-refractivity contribution is 6.25. The zero-order valence-corrected chi connectivity index (χ0v) is 14.0. The smallest absolute Gasteiger partial charge is 0.182 e. The van der Waals surface area contributed by atoms with E-state index in [2.05, 4.69) is 9.97 Å². The Morgan fingerprint density at radius 3 is 2.56 bits per heavy atom. The van der Waals surface area contributed by atoms with E-state index in [1.807, 2.05) is 0 Å².